The lowest BCUT2D eigenvalue weighted by Gasteiger charge is -2.17. The molecule has 0 aliphatic rings. The highest BCUT2D eigenvalue weighted by Gasteiger charge is 2.22. The van der Waals surface area contributed by atoms with Gasteiger partial charge in [0.1, 0.15) is 16.7 Å². The van der Waals surface area contributed by atoms with Crippen LogP contribution in [0.5, 0.6) is 0 Å². The lowest BCUT2D eigenvalue weighted by atomic mass is 9.88. The molecule has 0 fully saturated rings. The third-order valence-electron chi connectivity index (χ3n) is 6.71. The predicted molar refractivity (Wildman–Crippen MR) is 151 cm³/mol. The fourth-order valence-electron chi connectivity index (χ4n) is 5.38. The molecule has 182 valence electrons. The Morgan fingerprint density at radius 2 is 1.47 bits per heavy atom. The maximum atomic E-state index is 6.58. The van der Waals surface area contributed by atoms with Crippen LogP contribution in [0.1, 0.15) is 52.7 Å². The molecule has 0 saturated heterocycles. The number of aromatic nitrogens is 1. The van der Waals surface area contributed by atoms with Crippen molar-refractivity contribution in [2.75, 3.05) is 0 Å². The first-order valence-electron chi connectivity index (χ1n) is 12.8. The van der Waals surface area contributed by atoms with Gasteiger partial charge in [-0.15, -0.1) is 0 Å². The van der Waals surface area contributed by atoms with Crippen molar-refractivity contribution < 1.29 is 8.83 Å². The van der Waals surface area contributed by atoms with Gasteiger partial charge in [0.2, 0.25) is 5.89 Å². The van der Waals surface area contributed by atoms with Crippen molar-refractivity contribution in [2.24, 2.45) is 10.8 Å². The number of furan rings is 1. The van der Waals surface area contributed by atoms with Crippen molar-refractivity contribution in [2.45, 2.75) is 54.4 Å². The van der Waals surface area contributed by atoms with Crippen LogP contribution in [0.25, 0.3) is 55.3 Å². The van der Waals surface area contributed by atoms with E-state index in [0.717, 1.165) is 62.2 Å². The zero-order valence-corrected chi connectivity index (χ0v) is 22.0. The van der Waals surface area contributed by atoms with Crippen molar-refractivity contribution >= 4 is 43.8 Å². The lowest BCUT2D eigenvalue weighted by molar-refractivity contribution is 0.410. The van der Waals surface area contributed by atoms with E-state index in [2.05, 4.69) is 102 Å². The van der Waals surface area contributed by atoms with Crippen molar-refractivity contribution in [3.8, 4) is 11.5 Å². The first kappa shape index (κ1) is 22.8. The molecule has 6 aromatic rings. The molecule has 0 radical (unpaired) electrons. The van der Waals surface area contributed by atoms with Gasteiger partial charge in [-0.2, -0.15) is 0 Å². The highest BCUT2D eigenvalue weighted by molar-refractivity contribution is 6.20. The summed E-state index contributed by atoms with van der Waals surface area (Å²) in [7, 11) is 0. The smallest absolute Gasteiger partial charge is 0.228 e. The molecule has 0 amide bonds. The maximum Gasteiger partial charge on any atom is 0.228 e. The summed E-state index contributed by atoms with van der Waals surface area (Å²) in [6.45, 7) is 13.6. The van der Waals surface area contributed by atoms with E-state index >= 15 is 0 Å². The number of oxazole rings is 1. The van der Waals surface area contributed by atoms with Crippen molar-refractivity contribution in [3.63, 3.8) is 0 Å². The van der Waals surface area contributed by atoms with Crippen LogP contribution in [0.3, 0.4) is 0 Å². The van der Waals surface area contributed by atoms with Crippen LogP contribution in [0.15, 0.2) is 75.6 Å². The standard InChI is InChI=1S/C33H33NO2/c1-32(2,3)18-20-14-15-24-27(16-20)35-30-23-12-8-7-10-21(23)17-25(28(24)30)31-34-26-13-9-11-22(29(26)36-31)19-33(4,5)6/h7-17H,18-19H2,1-6H3. The average molecular weight is 476 g/mol. The number of nitrogens with zero attached hydrogens (tertiary/aromatic N) is 1. The van der Waals surface area contributed by atoms with Gasteiger partial charge in [0.25, 0.3) is 0 Å². The largest absolute Gasteiger partial charge is 0.455 e. The molecule has 36 heavy (non-hydrogen) atoms. The van der Waals surface area contributed by atoms with Gasteiger partial charge in [0.05, 0.1) is 0 Å². The van der Waals surface area contributed by atoms with E-state index in [1.54, 1.807) is 0 Å². The Bertz CT molecular complexity index is 1750. The average Bonchev–Trinajstić information content (AvgIpc) is 3.39. The van der Waals surface area contributed by atoms with Gasteiger partial charge in [0.15, 0.2) is 5.58 Å². The highest BCUT2D eigenvalue weighted by Crippen LogP contribution is 2.42. The zero-order chi connectivity index (χ0) is 25.2. The zero-order valence-electron chi connectivity index (χ0n) is 22.0. The Hall–Kier alpha value is -3.59. The molecule has 0 N–H and O–H groups in total. The third-order valence-corrected chi connectivity index (χ3v) is 6.71. The molecule has 0 saturated carbocycles. The summed E-state index contributed by atoms with van der Waals surface area (Å²) in [6, 6.07) is 23.5. The number of para-hydroxylation sites is 1. The van der Waals surface area contributed by atoms with E-state index < -0.39 is 0 Å². The second-order valence-electron chi connectivity index (χ2n) is 12.5. The van der Waals surface area contributed by atoms with Crippen LogP contribution in [-0.4, -0.2) is 4.98 Å². The number of benzene rings is 4. The molecule has 2 heterocycles. The summed E-state index contributed by atoms with van der Waals surface area (Å²) in [5.41, 5.74) is 7.40. The van der Waals surface area contributed by atoms with Crippen molar-refractivity contribution in [1.82, 2.24) is 4.98 Å². The molecule has 0 aliphatic heterocycles. The van der Waals surface area contributed by atoms with E-state index in [4.69, 9.17) is 13.8 Å². The van der Waals surface area contributed by atoms with E-state index in [9.17, 15) is 0 Å². The van der Waals surface area contributed by atoms with Gasteiger partial charge in [0, 0.05) is 21.7 Å². The SMILES string of the molecule is CC(C)(C)Cc1ccc2c(c1)oc1c3ccccc3cc(-c3nc4cccc(CC(C)(C)C)c4o3)c21. The Balaban J connectivity index is 1.62. The second-order valence-corrected chi connectivity index (χ2v) is 12.5. The summed E-state index contributed by atoms with van der Waals surface area (Å²) in [4.78, 5) is 4.97. The first-order valence-corrected chi connectivity index (χ1v) is 12.8. The molecule has 0 bridgehead atoms. The van der Waals surface area contributed by atoms with Crippen molar-refractivity contribution in [1.29, 1.82) is 0 Å². The van der Waals surface area contributed by atoms with E-state index in [1.165, 1.54) is 11.1 Å². The molecule has 3 nitrogen and oxygen atoms in total. The van der Waals surface area contributed by atoms with Crippen LogP contribution >= 0.6 is 0 Å². The van der Waals surface area contributed by atoms with Gasteiger partial charge in [-0.05, 0) is 58.4 Å². The summed E-state index contributed by atoms with van der Waals surface area (Å²) in [5.74, 6) is 0.642. The minimum Gasteiger partial charge on any atom is -0.455 e. The fraction of sp³-hybridized carbons (Fsp3) is 0.303. The quantitative estimate of drug-likeness (QED) is 0.256. The molecular formula is C33H33NO2. The molecule has 0 aliphatic carbocycles. The van der Waals surface area contributed by atoms with E-state index in [-0.39, 0.29) is 10.8 Å². The van der Waals surface area contributed by atoms with Crippen LogP contribution in [-0.2, 0) is 12.8 Å². The number of rotatable bonds is 3. The van der Waals surface area contributed by atoms with E-state index in [0.29, 0.717) is 5.89 Å². The summed E-state index contributed by atoms with van der Waals surface area (Å²) >= 11 is 0. The number of fused-ring (bicyclic) bond motifs is 6. The normalized spacial score (nSPS) is 12.9. The van der Waals surface area contributed by atoms with Crippen LogP contribution in [0.4, 0.5) is 0 Å². The Morgan fingerprint density at radius 3 is 2.25 bits per heavy atom. The highest BCUT2D eigenvalue weighted by atomic mass is 16.4. The summed E-state index contributed by atoms with van der Waals surface area (Å²) < 4.78 is 13.1. The topological polar surface area (TPSA) is 39.2 Å². The molecule has 0 spiro atoms. The van der Waals surface area contributed by atoms with E-state index in [1.807, 2.05) is 6.07 Å². The maximum absolute atomic E-state index is 6.58. The Labute approximate surface area is 212 Å². The predicted octanol–water partition coefficient (Wildman–Crippen LogP) is 9.72. The number of hydrogen-bond acceptors (Lipinski definition) is 3. The minimum absolute atomic E-state index is 0.156. The second kappa shape index (κ2) is 7.96. The van der Waals surface area contributed by atoms with Crippen LogP contribution in [0, 0.1) is 10.8 Å². The lowest BCUT2D eigenvalue weighted by Crippen LogP contribution is -2.09. The van der Waals surface area contributed by atoms with Gasteiger partial charge >= 0.3 is 0 Å². The monoisotopic (exact) mass is 475 g/mol. The molecule has 6 rings (SSSR count). The van der Waals surface area contributed by atoms with Gasteiger partial charge < -0.3 is 8.83 Å². The van der Waals surface area contributed by atoms with Gasteiger partial charge in [-0.25, -0.2) is 4.98 Å². The molecular weight excluding hydrogens is 442 g/mol. The first-order chi connectivity index (χ1) is 17.1. The van der Waals surface area contributed by atoms with Gasteiger partial charge in [-0.1, -0.05) is 90.1 Å². The van der Waals surface area contributed by atoms with Crippen LogP contribution < -0.4 is 0 Å². The molecule has 4 aromatic carbocycles. The summed E-state index contributed by atoms with van der Waals surface area (Å²) in [6.07, 6.45) is 1.92. The fourth-order valence-corrected chi connectivity index (χ4v) is 5.38. The molecule has 0 atom stereocenters. The van der Waals surface area contributed by atoms with Crippen molar-refractivity contribution in [3.05, 3.63) is 77.9 Å². The van der Waals surface area contributed by atoms with Crippen LogP contribution in [0.2, 0.25) is 0 Å². The minimum atomic E-state index is 0.156. The third kappa shape index (κ3) is 4.07. The molecule has 0 unspecified atom stereocenters. The van der Waals surface area contributed by atoms with Gasteiger partial charge in [-0.3, -0.25) is 0 Å². The number of hydrogen-bond donors (Lipinski definition) is 0. The molecule has 2 aromatic heterocycles. The molecule has 3 heteroatoms. The Morgan fingerprint density at radius 1 is 0.694 bits per heavy atom. The summed E-state index contributed by atoms with van der Waals surface area (Å²) in [5, 5.41) is 4.39. The Kier molecular flexibility index (Phi) is 5.05.